The first kappa shape index (κ1) is 18.0. The number of anilines is 1. The van der Waals surface area contributed by atoms with Gasteiger partial charge < -0.3 is 14.8 Å². The van der Waals surface area contributed by atoms with Crippen LogP contribution in [0.4, 0.5) is 5.69 Å². The molecule has 0 spiro atoms. The summed E-state index contributed by atoms with van der Waals surface area (Å²) in [6, 6.07) is 14.6. The Kier molecular flexibility index (Phi) is 5.89. The van der Waals surface area contributed by atoms with Crippen molar-refractivity contribution in [3.05, 3.63) is 59.7 Å². The molecule has 0 radical (unpaired) electrons. The Bertz CT molecular complexity index is 766. The molecule has 5 nitrogen and oxygen atoms in total. The smallest absolute Gasteiger partial charge is 0.338 e. The summed E-state index contributed by atoms with van der Waals surface area (Å²) in [5, 5.41) is 2.84. The normalized spacial score (nSPS) is 13.1. The van der Waals surface area contributed by atoms with E-state index in [1.807, 2.05) is 24.3 Å². The summed E-state index contributed by atoms with van der Waals surface area (Å²) in [4.78, 5) is 23.8. The number of carbonyl (C=O) groups is 2. The SMILES string of the molecule is CCc1cccc(OCCOC(=O)c2ccc(NC(=O)C3CC3)cc2)c1. The van der Waals surface area contributed by atoms with Crippen LogP contribution in [0.2, 0.25) is 0 Å². The van der Waals surface area contributed by atoms with Crippen molar-refractivity contribution < 1.29 is 19.1 Å². The lowest BCUT2D eigenvalue weighted by Gasteiger charge is -2.09. The molecule has 0 bridgehead atoms. The fraction of sp³-hybridized carbons (Fsp3) is 0.333. The summed E-state index contributed by atoms with van der Waals surface area (Å²) in [5.74, 6) is 0.564. The van der Waals surface area contributed by atoms with Crippen molar-refractivity contribution >= 4 is 17.6 Å². The van der Waals surface area contributed by atoms with Gasteiger partial charge in [0.05, 0.1) is 5.56 Å². The molecular weight excluding hydrogens is 330 g/mol. The lowest BCUT2D eigenvalue weighted by Crippen LogP contribution is -2.14. The molecule has 0 unspecified atom stereocenters. The zero-order chi connectivity index (χ0) is 18.4. The molecule has 1 aliphatic rings. The average molecular weight is 353 g/mol. The summed E-state index contributed by atoms with van der Waals surface area (Å²) in [5.41, 5.74) is 2.34. The van der Waals surface area contributed by atoms with Gasteiger partial charge in [-0.15, -0.1) is 0 Å². The third-order valence-electron chi connectivity index (χ3n) is 4.23. The second-order valence-electron chi connectivity index (χ2n) is 6.33. The molecule has 0 heterocycles. The maximum Gasteiger partial charge on any atom is 0.338 e. The molecule has 2 aromatic carbocycles. The molecule has 1 fully saturated rings. The topological polar surface area (TPSA) is 64.6 Å². The molecule has 1 amide bonds. The molecule has 0 aromatic heterocycles. The summed E-state index contributed by atoms with van der Waals surface area (Å²) < 4.78 is 10.8. The van der Waals surface area contributed by atoms with E-state index in [0.717, 1.165) is 25.0 Å². The minimum atomic E-state index is -0.407. The maximum atomic E-state index is 12.0. The monoisotopic (exact) mass is 353 g/mol. The van der Waals surface area contributed by atoms with E-state index < -0.39 is 5.97 Å². The number of amides is 1. The Labute approximate surface area is 153 Å². The van der Waals surface area contributed by atoms with Gasteiger partial charge in [0.15, 0.2) is 0 Å². The van der Waals surface area contributed by atoms with Gasteiger partial charge in [0.2, 0.25) is 5.91 Å². The summed E-state index contributed by atoms with van der Waals surface area (Å²) in [7, 11) is 0. The highest BCUT2D eigenvalue weighted by Gasteiger charge is 2.29. The minimum Gasteiger partial charge on any atom is -0.490 e. The minimum absolute atomic E-state index is 0.0459. The molecule has 136 valence electrons. The van der Waals surface area contributed by atoms with Crippen molar-refractivity contribution in [2.24, 2.45) is 5.92 Å². The van der Waals surface area contributed by atoms with Crippen LogP contribution in [0.1, 0.15) is 35.7 Å². The molecule has 0 atom stereocenters. The largest absolute Gasteiger partial charge is 0.490 e. The van der Waals surface area contributed by atoms with Crippen LogP contribution in [-0.2, 0) is 16.0 Å². The fourth-order valence-electron chi connectivity index (χ4n) is 2.51. The second kappa shape index (κ2) is 8.52. The van der Waals surface area contributed by atoms with Crippen LogP contribution in [-0.4, -0.2) is 25.1 Å². The summed E-state index contributed by atoms with van der Waals surface area (Å²) >= 11 is 0. The highest BCUT2D eigenvalue weighted by Crippen LogP contribution is 2.30. The van der Waals surface area contributed by atoms with Crippen molar-refractivity contribution in [2.45, 2.75) is 26.2 Å². The zero-order valence-electron chi connectivity index (χ0n) is 14.9. The van der Waals surface area contributed by atoms with Crippen LogP contribution < -0.4 is 10.1 Å². The molecule has 26 heavy (non-hydrogen) atoms. The number of aryl methyl sites for hydroxylation is 1. The van der Waals surface area contributed by atoms with Gasteiger partial charge in [0, 0.05) is 11.6 Å². The number of benzene rings is 2. The molecule has 1 N–H and O–H groups in total. The number of carbonyl (C=O) groups excluding carboxylic acids is 2. The van der Waals surface area contributed by atoms with Crippen LogP contribution in [0.5, 0.6) is 5.75 Å². The predicted octanol–water partition coefficient (Wildman–Crippen LogP) is 3.83. The van der Waals surface area contributed by atoms with Crippen molar-refractivity contribution in [2.75, 3.05) is 18.5 Å². The van der Waals surface area contributed by atoms with Gasteiger partial charge in [-0.3, -0.25) is 4.79 Å². The Balaban J connectivity index is 1.42. The Hall–Kier alpha value is -2.82. The third kappa shape index (κ3) is 5.09. The van der Waals surface area contributed by atoms with Crippen LogP contribution in [0.25, 0.3) is 0 Å². The van der Waals surface area contributed by atoms with E-state index in [2.05, 4.69) is 12.2 Å². The Morgan fingerprint density at radius 1 is 1.08 bits per heavy atom. The van der Waals surface area contributed by atoms with Crippen molar-refractivity contribution in [1.82, 2.24) is 0 Å². The molecule has 5 heteroatoms. The van der Waals surface area contributed by atoms with Crippen molar-refractivity contribution in [1.29, 1.82) is 0 Å². The third-order valence-corrected chi connectivity index (χ3v) is 4.23. The Morgan fingerprint density at radius 3 is 2.54 bits per heavy atom. The molecular formula is C21H23NO4. The molecule has 0 saturated heterocycles. The van der Waals surface area contributed by atoms with Crippen LogP contribution in [0.15, 0.2) is 48.5 Å². The predicted molar refractivity (Wildman–Crippen MR) is 99.4 cm³/mol. The molecule has 2 aromatic rings. The van der Waals surface area contributed by atoms with E-state index in [0.29, 0.717) is 17.9 Å². The van der Waals surface area contributed by atoms with E-state index in [4.69, 9.17) is 9.47 Å². The molecule has 3 rings (SSSR count). The first-order valence-corrected chi connectivity index (χ1v) is 8.95. The first-order valence-electron chi connectivity index (χ1n) is 8.95. The van der Waals surface area contributed by atoms with Gasteiger partial charge >= 0.3 is 5.97 Å². The van der Waals surface area contributed by atoms with Gasteiger partial charge in [-0.25, -0.2) is 4.79 Å². The number of rotatable bonds is 8. The highest BCUT2D eigenvalue weighted by molar-refractivity contribution is 5.95. The molecule has 0 aliphatic heterocycles. The number of hydrogen-bond acceptors (Lipinski definition) is 4. The van der Waals surface area contributed by atoms with E-state index >= 15 is 0 Å². The average Bonchev–Trinajstić information content (AvgIpc) is 3.51. The molecule has 1 saturated carbocycles. The molecule has 1 aliphatic carbocycles. The van der Waals surface area contributed by atoms with Crippen LogP contribution in [0.3, 0.4) is 0 Å². The zero-order valence-corrected chi connectivity index (χ0v) is 14.9. The van der Waals surface area contributed by atoms with Gasteiger partial charge in [-0.2, -0.15) is 0 Å². The number of ether oxygens (including phenoxy) is 2. The van der Waals surface area contributed by atoms with Gasteiger partial charge in [-0.05, 0) is 61.2 Å². The standard InChI is InChI=1S/C21H23NO4/c1-2-15-4-3-5-19(14-15)25-12-13-26-21(24)17-8-10-18(11-9-17)22-20(23)16-6-7-16/h3-5,8-11,14,16H,2,6-7,12-13H2,1H3,(H,22,23). The van der Waals surface area contributed by atoms with Crippen molar-refractivity contribution in [3.63, 3.8) is 0 Å². The second-order valence-corrected chi connectivity index (χ2v) is 6.33. The fourth-order valence-corrected chi connectivity index (χ4v) is 2.51. The lowest BCUT2D eigenvalue weighted by molar-refractivity contribution is -0.117. The number of esters is 1. The van der Waals surface area contributed by atoms with Crippen molar-refractivity contribution in [3.8, 4) is 5.75 Å². The summed E-state index contributed by atoms with van der Waals surface area (Å²) in [6.07, 6.45) is 2.87. The first-order chi connectivity index (χ1) is 12.7. The van der Waals surface area contributed by atoms with Crippen LogP contribution in [0, 0.1) is 5.92 Å². The highest BCUT2D eigenvalue weighted by atomic mass is 16.6. The van der Waals surface area contributed by atoms with E-state index in [-0.39, 0.29) is 18.4 Å². The summed E-state index contributed by atoms with van der Waals surface area (Å²) in [6.45, 7) is 2.56. The van der Waals surface area contributed by atoms with E-state index in [9.17, 15) is 9.59 Å². The quantitative estimate of drug-likeness (QED) is 0.579. The Morgan fingerprint density at radius 2 is 1.85 bits per heavy atom. The van der Waals surface area contributed by atoms with Crippen LogP contribution >= 0.6 is 0 Å². The van der Waals surface area contributed by atoms with Gasteiger partial charge in [0.1, 0.15) is 19.0 Å². The van der Waals surface area contributed by atoms with Gasteiger partial charge in [0.25, 0.3) is 0 Å². The van der Waals surface area contributed by atoms with E-state index in [1.54, 1.807) is 24.3 Å². The maximum absolute atomic E-state index is 12.0. The lowest BCUT2D eigenvalue weighted by atomic mass is 10.2. The van der Waals surface area contributed by atoms with Gasteiger partial charge in [-0.1, -0.05) is 19.1 Å². The number of hydrogen-bond donors (Lipinski definition) is 1. The number of nitrogens with one attached hydrogen (secondary N) is 1. The van der Waals surface area contributed by atoms with E-state index in [1.165, 1.54) is 5.56 Å².